The largest absolute Gasteiger partial charge is 0.508 e. The van der Waals surface area contributed by atoms with Crippen LogP contribution >= 0.6 is 0 Å². The normalized spacial score (nSPS) is 12.4. The van der Waals surface area contributed by atoms with E-state index in [0.29, 0.717) is 24.0 Å². The third-order valence-corrected chi connectivity index (χ3v) is 3.84. The van der Waals surface area contributed by atoms with E-state index >= 15 is 0 Å². The van der Waals surface area contributed by atoms with Gasteiger partial charge in [-0.2, -0.15) is 0 Å². The van der Waals surface area contributed by atoms with Gasteiger partial charge in [0.25, 0.3) is 0 Å². The maximum absolute atomic E-state index is 10.6. The molecule has 0 aliphatic carbocycles. The minimum Gasteiger partial charge on any atom is -0.508 e. The first-order valence-corrected chi connectivity index (χ1v) is 7.24. The molecule has 1 rings (SSSR count). The maximum Gasteiger partial charge on any atom is 0.303 e. The average molecular weight is 294 g/mol. The zero-order valence-corrected chi connectivity index (χ0v) is 13.5. The van der Waals surface area contributed by atoms with Crippen molar-refractivity contribution >= 4 is 5.97 Å². The number of carboxylic acid groups (broad SMARTS) is 1. The van der Waals surface area contributed by atoms with Crippen molar-refractivity contribution in [3.8, 4) is 11.5 Å². The standard InChI is InChI=1S/C17H26O4/c1-16(2,3)11-9-14(19)12(10-13(11)18)17(4,5)8-6-7-15(20)21/h9-10,18-19H,6-8H2,1-5H3,(H,20,21). The van der Waals surface area contributed by atoms with Crippen LogP contribution in [0, 0.1) is 0 Å². The van der Waals surface area contributed by atoms with E-state index in [-0.39, 0.29) is 23.3 Å². The number of aliphatic carboxylic acids is 1. The second-order valence-electron chi connectivity index (χ2n) is 7.27. The summed E-state index contributed by atoms with van der Waals surface area (Å²) in [5.41, 5.74) is 0.699. The van der Waals surface area contributed by atoms with Gasteiger partial charge >= 0.3 is 5.97 Å². The van der Waals surface area contributed by atoms with Crippen LogP contribution in [0.4, 0.5) is 0 Å². The predicted octanol–water partition coefficient (Wildman–Crippen LogP) is 3.93. The minimum atomic E-state index is -0.819. The van der Waals surface area contributed by atoms with Crippen LogP contribution in [0.2, 0.25) is 0 Å². The molecule has 118 valence electrons. The van der Waals surface area contributed by atoms with E-state index in [1.165, 1.54) is 0 Å². The number of benzene rings is 1. The van der Waals surface area contributed by atoms with Gasteiger partial charge in [-0.05, 0) is 35.8 Å². The maximum atomic E-state index is 10.6. The van der Waals surface area contributed by atoms with Gasteiger partial charge in [-0.3, -0.25) is 4.79 Å². The summed E-state index contributed by atoms with van der Waals surface area (Å²) in [4.78, 5) is 10.6. The molecule has 0 atom stereocenters. The molecule has 21 heavy (non-hydrogen) atoms. The number of phenols is 2. The highest BCUT2D eigenvalue weighted by atomic mass is 16.4. The second kappa shape index (κ2) is 5.96. The van der Waals surface area contributed by atoms with E-state index in [9.17, 15) is 15.0 Å². The van der Waals surface area contributed by atoms with Gasteiger partial charge < -0.3 is 15.3 Å². The molecule has 0 heterocycles. The molecule has 0 aliphatic heterocycles. The first-order chi connectivity index (χ1) is 9.45. The fraction of sp³-hybridized carbons (Fsp3) is 0.588. The van der Waals surface area contributed by atoms with Crippen LogP contribution in [0.1, 0.15) is 65.0 Å². The summed E-state index contributed by atoms with van der Waals surface area (Å²) in [7, 11) is 0. The number of phenolic OH excluding ortho intramolecular Hbond substituents is 2. The fourth-order valence-corrected chi connectivity index (χ4v) is 2.54. The number of hydrogen-bond donors (Lipinski definition) is 3. The van der Waals surface area contributed by atoms with Gasteiger partial charge in [-0.25, -0.2) is 0 Å². The molecule has 0 aromatic heterocycles. The van der Waals surface area contributed by atoms with Crippen molar-refractivity contribution in [1.29, 1.82) is 0 Å². The van der Waals surface area contributed by atoms with Crippen molar-refractivity contribution in [2.24, 2.45) is 0 Å². The smallest absolute Gasteiger partial charge is 0.303 e. The lowest BCUT2D eigenvalue weighted by atomic mass is 9.77. The van der Waals surface area contributed by atoms with Gasteiger partial charge in [0.15, 0.2) is 0 Å². The molecule has 1 aromatic carbocycles. The number of carboxylic acids is 1. The topological polar surface area (TPSA) is 77.8 Å². The average Bonchev–Trinajstić information content (AvgIpc) is 2.29. The minimum absolute atomic E-state index is 0.107. The molecule has 0 saturated heterocycles. The molecule has 1 aromatic rings. The Kier molecular flexibility index (Phi) is 4.92. The lowest BCUT2D eigenvalue weighted by Gasteiger charge is -2.28. The van der Waals surface area contributed by atoms with Gasteiger partial charge in [0.1, 0.15) is 11.5 Å². The van der Waals surface area contributed by atoms with E-state index in [4.69, 9.17) is 5.11 Å². The Labute approximate surface area is 126 Å². The highest BCUT2D eigenvalue weighted by molar-refractivity contribution is 5.66. The van der Waals surface area contributed by atoms with Crippen LogP contribution in [-0.2, 0) is 15.6 Å². The quantitative estimate of drug-likeness (QED) is 0.719. The van der Waals surface area contributed by atoms with Gasteiger partial charge in [0, 0.05) is 17.5 Å². The van der Waals surface area contributed by atoms with Crippen LogP contribution in [0.15, 0.2) is 12.1 Å². The first kappa shape index (κ1) is 17.3. The summed E-state index contributed by atoms with van der Waals surface area (Å²) < 4.78 is 0. The molecule has 0 radical (unpaired) electrons. The Morgan fingerprint density at radius 1 is 1.00 bits per heavy atom. The third kappa shape index (κ3) is 4.38. The van der Waals surface area contributed by atoms with E-state index in [1.54, 1.807) is 12.1 Å². The Balaban J connectivity index is 3.08. The van der Waals surface area contributed by atoms with Gasteiger partial charge in [0.2, 0.25) is 0 Å². The van der Waals surface area contributed by atoms with Crippen molar-refractivity contribution in [2.45, 2.75) is 64.7 Å². The summed E-state index contributed by atoms with van der Waals surface area (Å²) in [5, 5.41) is 29.2. The number of carbonyl (C=O) groups is 1. The zero-order valence-electron chi connectivity index (χ0n) is 13.5. The van der Waals surface area contributed by atoms with Crippen LogP contribution in [0.5, 0.6) is 11.5 Å². The van der Waals surface area contributed by atoms with Crippen molar-refractivity contribution in [1.82, 2.24) is 0 Å². The Hall–Kier alpha value is -1.71. The summed E-state index contributed by atoms with van der Waals surface area (Å²) >= 11 is 0. The van der Waals surface area contributed by atoms with Crippen LogP contribution in [0.3, 0.4) is 0 Å². The number of aromatic hydroxyl groups is 2. The monoisotopic (exact) mass is 294 g/mol. The molecule has 0 bridgehead atoms. The molecule has 0 saturated carbocycles. The van der Waals surface area contributed by atoms with Crippen molar-refractivity contribution in [2.75, 3.05) is 0 Å². The highest BCUT2D eigenvalue weighted by Crippen LogP contribution is 2.41. The van der Waals surface area contributed by atoms with E-state index in [0.717, 1.165) is 0 Å². The fourth-order valence-electron chi connectivity index (χ4n) is 2.54. The Morgan fingerprint density at radius 2 is 1.48 bits per heavy atom. The molecular formula is C17H26O4. The van der Waals surface area contributed by atoms with Crippen LogP contribution in [0.25, 0.3) is 0 Å². The molecular weight excluding hydrogens is 268 g/mol. The van der Waals surface area contributed by atoms with Crippen molar-refractivity contribution in [3.05, 3.63) is 23.3 Å². The lowest BCUT2D eigenvalue weighted by molar-refractivity contribution is -0.137. The molecule has 4 nitrogen and oxygen atoms in total. The first-order valence-electron chi connectivity index (χ1n) is 7.24. The molecule has 0 aliphatic rings. The third-order valence-electron chi connectivity index (χ3n) is 3.84. The Bertz CT molecular complexity index is 524. The Morgan fingerprint density at radius 3 is 1.95 bits per heavy atom. The summed E-state index contributed by atoms with van der Waals surface area (Å²) in [5.74, 6) is -0.499. The van der Waals surface area contributed by atoms with Gasteiger partial charge in [-0.1, -0.05) is 34.6 Å². The van der Waals surface area contributed by atoms with Crippen molar-refractivity contribution in [3.63, 3.8) is 0 Å². The highest BCUT2D eigenvalue weighted by Gasteiger charge is 2.27. The van der Waals surface area contributed by atoms with E-state index < -0.39 is 11.4 Å². The summed E-state index contributed by atoms with van der Waals surface area (Å²) in [6.07, 6.45) is 1.26. The van der Waals surface area contributed by atoms with E-state index in [1.807, 2.05) is 34.6 Å². The van der Waals surface area contributed by atoms with Gasteiger partial charge in [-0.15, -0.1) is 0 Å². The van der Waals surface area contributed by atoms with Crippen molar-refractivity contribution < 1.29 is 20.1 Å². The van der Waals surface area contributed by atoms with Crippen LogP contribution in [-0.4, -0.2) is 21.3 Å². The summed E-state index contributed by atoms with van der Waals surface area (Å²) in [6.45, 7) is 9.80. The molecule has 3 N–H and O–H groups in total. The second-order valence-corrected chi connectivity index (χ2v) is 7.27. The number of rotatable bonds is 5. The molecule has 4 heteroatoms. The molecule has 0 unspecified atom stereocenters. The SMILES string of the molecule is CC(C)(C)c1cc(O)c(C(C)(C)CCCC(=O)O)cc1O. The van der Waals surface area contributed by atoms with E-state index in [2.05, 4.69) is 0 Å². The predicted molar refractivity (Wildman–Crippen MR) is 83.0 cm³/mol. The zero-order chi connectivity index (χ0) is 16.4. The molecule has 0 spiro atoms. The molecule has 0 fully saturated rings. The molecule has 0 amide bonds. The van der Waals surface area contributed by atoms with Gasteiger partial charge in [0.05, 0.1) is 0 Å². The lowest BCUT2D eigenvalue weighted by Crippen LogP contribution is -2.19. The summed E-state index contributed by atoms with van der Waals surface area (Å²) in [6, 6.07) is 3.22. The number of hydrogen-bond acceptors (Lipinski definition) is 3. The van der Waals surface area contributed by atoms with Crippen LogP contribution < -0.4 is 0 Å².